The molecule has 0 aromatic carbocycles. The van der Waals surface area contributed by atoms with Gasteiger partial charge in [0.1, 0.15) is 0 Å². The summed E-state index contributed by atoms with van der Waals surface area (Å²) in [6, 6.07) is 0. The molecule has 0 saturated heterocycles. The van der Waals surface area contributed by atoms with Crippen LogP contribution in [-0.4, -0.2) is 11.1 Å². The smallest absolute Gasteiger partial charge is 0.381 e. The Bertz CT molecular complexity index is 240. The maximum Gasteiger partial charge on any atom is 0.381 e. The van der Waals surface area contributed by atoms with E-state index in [0.717, 1.165) is 6.42 Å². The molecule has 1 N–H and O–H groups in total. The standard InChI is InChI=1S/C8H8O2/c9-7(10)2-1-6-5-8(6)3-4-8/h6H,3-5H2,(H,9,10). The summed E-state index contributed by atoms with van der Waals surface area (Å²) in [4.78, 5) is 9.99. The first-order valence-electron chi connectivity index (χ1n) is 3.47. The Morgan fingerprint density at radius 1 is 1.60 bits per heavy atom. The maximum absolute atomic E-state index is 9.99. The molecule has 10 heavy (non-hydrogen) atoms. The minimum Gasteiger partial charge on any atom is -0.472 e. The highest BCUT2D eigenvalue weighted by Gasteiger charge is 2.62. The van der Waals surface area contributed by atoms with Crippen LogP contribution in [0.3, 0.4) is 0 Å². The molecule has 0 bridgehead atoms. The summed E-state index contributed by atoms with van der Waals surface area (Å²) >= 11 is 0. The first-order chi connectivity index (χ1) is 4.73. The van der Waals surface area contributed by atoms with Crippen molar-refractivity contribution in [2.75, 3.05) is 0 Å². The van der Waals surface area contributed by atoms with E-state index in [1.54, 1.807) is 0 Å². The van der Waals surface area contributed by atoms with Gasteiger partial charge in [-0.2, -0.15) is 0 Å². The lowest BCUT2D eigenvalue weighted by atomic mass is 10.3. The van der Waals surface area contributed by atoms with E-state index in [1.807, 2.05) is 0 Å². The fourth-order valence-corrected chi connectivity index (χ4v) is 1.41. The van der Waals surface area contributed by atoms with Gasteiger partial charge in [0.25, 0.3) is 0 Å². The van der Waals surface area contributed by atoms with E-state index in [1.165, 1.54) is 12.8 Å². The van der Waals surface area contributed by atoms with Crippen molar-refractivity contribution < 1.29 is 9.90 Å². The molecule has 0 aliphatic heterocycles. The quantitative estimate of drug-likeness (QED) is 0.502. The highest BCUT2D eigenvalue weighted by atomic mass is 16.4. The third-order valence-corrected chi connectivity index (χ3v) is 2.44. The molecule has 2 aliphatic carbocycles. The van der Waals surface area contributed by atoms with Crippen molar-refractivity contribution in [3.63, 3.8) is 0 Å². The number of hydrogen-bond donors (Lipinski definition) is 1. The lowest BCUT2D eigenvalue weighted by Gasteiger charge is -1.76. The second-order valence-electron chi connectivity index (χ2n) is 3.19. The molecular weight excluding hydrogens is 128 g/mol. The summed E-state index contributed by atoms with van der Waals surface area (Å²) in [7, 11) is 0. The van der Waals surface area contributed by atoms with Crippen molar-refractivity contribution in [1.82, 2.24) is 0 Å². The zero-order chi connectivity index (χ0) is 7.19. The number of hydrogen-bond acceptors (Lipinski definition) is 1. The third kappa shape index (κ3) is 0.786. The van der Waals surface area contributed by atoms with E-state index in [-0.39, 0.29) is 0 Å². The van der Waals surface area contributed by atoms with Crippen LogP contribution in [0.4, 0.5) is 0 Å². The van der Waals surface area contributed by atoms with Crippen LogP contribution in [0.2, 0.25) is 0 Å². The first-order valence-corrected chi connectivity index (χ1v) is 3.47. The van der Waals surface area contributed by atoms with Crippen molar-refractivity contribution in [2.24, 2.45) is 11.3 Å². The van der Waals surface area contributed by atoms with Gasteiger partial charge in [-0.25, -0.2) is 4.79 Å². The first kappa shape index (κ1) is 5.79. The Balaban J connectivity index is 1.95. The van der Waals surface area contributed by atoms with Crippen LogP contribution in [0.25, 0.3) is 0 Å². The van der Waals surface area contributed by atoms with Crippen molar-refractivity contribution in [3.05, 3.63) is 0 Å². The van der Waals surface area contributed by atoms with Gasteiger partial charge >= 0.3 is 5.97 Å². The van der Waals surface area contributed by atoms with Gasteiger partial charge in [0.05, 0.1) is 0 Å². The van der Waals surface area contributed by atoms with E-state index in [2.05, 4.69) is 11.8 Å². The maximum atomic E-state index is 9.99. The largest absolute Gasteiger partial charge is 0.472 e. The molecule has 2 heteroatoms. The van der Waals surface area contributed by atoms with Gasteiger partial charge in [0.2, 0.25) is 0 Å². The van der Waals surface area contributed by atoms with E-state index in [4.69, 9.17) is 5.11 Å². The summed E-state index contributed by atoms with van der Waals surface area (Å²) in [5.41, 5.74) is 0.516. The number of carbonyl (C=O) groups is 1. The third-order valence-electron chi connectivity index (χ3n) is 2.44. The Hall–Kier alpha value is -0.970. The second kappa shape index (κ2) is 1.54. The number of carboxylic acids is 1. The predicted molar refractivity (Wildman–Crippen MR) is 35.2 cm³/mol. The van der Waals surface area contributed by atoms with Crippen LogP contribution in [0, 0.1) is 23.2 Å². The predicted octanol–water partition coefficient (Wildman–Crippen LogP) is 0.875. The molecular formula is C8H8O2. The van der Waals surface area contributed by atoms with Crippen LogP contribution in [0.15, 0.2) is 0 Å². The molecule has 1 unspecified atom stereocenters. The van der Waals surface area contributed by atoms with Crippen molar-refractivity contribution >= 4 is 5.97 Å². The number of aliphatic carboxylic acids is 1. The topological polar surface area (TPSA) is 37.3 Å². The van der Waals surface area contributed by atoms with Gasteiger partial charge in [-0.3, -0.25) is 0 Å². The monoisotopic (exact) mass is 136 g/mol. The zero-order valence-corrected chi connectivity index (χ0v) is 5.55. The molecule has 0 aromatic heterocycles. The highest BCUT2D eigenvalue weighted by Crippen LogP contribution is 2.70. The minimum atomic E-state index is -0.997. The molecule has 0 radical (unpaired) electrons. The Morgan fingerprint density at radius 2 is 2.30 bits per heavy atom. The van der Waals surface area contributed by atoms with Crippen LogP contribution >= 0.6 is 0 Å². The summed E-state index contributed by atoms with van der Waals surface area (Å²) in [6.07, 6.45) is 3.69. The molecule has 2 nitrogen and oxygen atoms in total. The van der Waals surface area contributed by atoms with Gasteiger partial charge in [-0.1, -0.05) is 5.92 Å². The molecule has 0 amide bonds. The van der Waals surface area contributed by atoms with E-state index in [9.17, 15) is 4.79 Å². The summed E-state index contributed by atoms with van der Waals surface area (Å²) in [5.74, 6) is 4.35. The van der Waals surface area contributed by atoms with E-state index < -0.39 is 5.97 Å². The molecule has 0 aromatic rings. The van der Waals surface area contributed by atoms with E-state index >= 15 is 0 Å². The highest BCUT2D eigenvalue weighted by molar-refractivity contribution is 5.86. The molecule has 1 spiro atoms. The lowest BCUT2D eigenvalue weighted by Crippen LogP contribution is -1.87. The Kier molecular flexibility index (Phi) is 0.894. The molecule has 52 valence electrons. The van der Waals surface area contributed by atoms with Crippen LogP contribution in [-0.2, 0) is 4.79 Å². The molecule has 2 aliphatic rings. The molecule has 2 rings (SSSR count). The molecule has 2 fully saturated rings. The Morgan fingerprint density at radius 3 is 2.70 bits per heavy atom. The fraction of sp³-hybridized carbons (Fsp3) is 0.625. The van der Waals surface area contributed by atoms with Gasteiger partial charge in [0.15, 0.2) is 0 Å². The molecule has 2 saturated carbocycles. The van der Waals surface area contributed by atoms with Crippen LogP contribution < -0.4 is 0 Å². The van der Waals surface area contributed by atoms with Gasteiger partial charge < -0.3 is 5.11 Å². The SMILES string of the molecule is O=C(O)C#CC1CC12CC2. The molecule has 1 atom stereocenters. The average molecular weight is 136 g/mol. The normalized spacial score (nSPS) is 30.6. The summed E-state index contributed by atoms with van der Waals surface area (Å²) < 4.78 is 0. The van der Waals surface area contributed by atoms with Crippen molar-refractivity contribution in [2.45, 2.75) is 19.3 Å². The lowest BCUT2D eigenvalue weighted by molar-refractivity contribution is -0.130. The van der Waals surface area contributed by atoms with E-state index in [0.29, 0.717) is 11.3 Å². The summed E-state index contributed by atoms with van der Waals surface area (Å²) in [5, 5.41) is 8.21. The van der Waals surface area contributed by atoms with Gasteiger partial charge in [-0.05, 0) is 24.7 Å². The Labute approximate surface area is 59.2 Å². The summed E-state index contributed by atoms with van der Waals surface area (Å²) in [6.45, 7) is 0. The number of carboxylic acid groups (broad SMARTS) is 1. The average Bonchev–Trinajstić information content (AvgIpc) is 2.72. The minimum absolute atomic E-state index is 0.420. The van der Waals surface area contributed by atoms with Crippen molar-refractivity contribution in [1.29, 1.82) is 0 Å². The molecule has 0 heterocycles. The second-order valence-corrected chi connectivity index (χ2v) is 3.19. The zero-order valence-electron chi connectivity index (χ0n) is 5.55. The van der Waals surface area contributed by atoms with Crippen molar-refractivity contribution in [3.8, 4) is 11.8 Å². The van der Waals surface area contributed by atoms with Crippen LogP contribution in [0.5, 0.6) is 0 Å². The fourth-order valence-electron chi connectivity index (χ4n) is 1.41. The number of rotatable bonds is 0. The van der Waals surface area contributed by atoms with Gasteiger partial charge in [0, 0.05) is 11.8 Å². The van der Waals surface area contributed by atoms with Crippen LogP contribution in [0.1, 0.15) is 19.3 Å². The van der Waals surface area contributed by atoms with Gasteiger partial charge in [-0.15, -0.1) is 0 Å².